The minimum atomic E-state index is 0.698. The molecule has 4 nitrogen and oxygen atoms in total. The Morgan fingerprint density at radius 1 is 1.38 bits per heavy atom. The van der Waals surface area contributed by atoms with Gasteiger partial charge in [0.15, 0.2) is 0 Å². The van der Waals surface area contributed by atoms with Crippen molar-refractivity contribution in [2.24, 2.45) is 5.16 Å². The Kier molecular flexibility index (Phi) is 3.61. The number of nitrogens with zero attached hydrogens (tertiary/aromatic N) is 3. The first-order chi connectivity index (χ1) is 7.88. The molecule has 0 spiro atoms. The summed E-state index contributed by atoms with van der Waals surface area (Å²) in [6.45, 7) is 0. The monoisotopic (exact) mass is 233 g/mol. The number of hydrogen-bond donors (Lipinski definition) is 1. The number of pyridine rings is 1. The molecule has 0 atom stereocenters. The van der Waals surface area contributed by atoms with Crippen molar-refractivity contribution in [3.8, 4) is 0 Å². The molecule has 2 heterocycles. The number of aromatic nitrogens is 2. The predicted octanol–water partition coefficient (Wildman–Crippen LogP) is 2.13. The first-order valence-corrected chi connectivity index (χ1v) is 5.78. The van der Waals surface area contributed by atoms with Crippen LogP contribution >= 0.6 is 11.3 Å². The molecule has 0 aliphatic carbocycles. The molecule has 0 amide bonds. The Bertz CT molecular complexity index is 467. The van der Waals surface area contributed by atoms with Crippen LogP contribution in [0.1, 0.15) is 16.4 Å². The molecule has 0 aliphatic rings. The molecule has 0 radical (unpaired) electrons. The van der Waals surface area contributed by atoms with E-state index in [1.807, 2.05) is 23.6 Å². The minimum Gasteiger partial charge on any atom is -0.411 e. The van der Waals surface area contributed by atoms with Crippen LogP contribution in [0.25, 0.3) is 0 Å². The summed E-state index contributed by atoms with van der Waals surface area (Å²) in [5, 5.41) is 14.2. The fraction of sp³-hybridized carbons (Fsp3) is 0.182. The molecule has 5 heteroatoms. The summed E-state index contributed by atoms with van der Waals surface area (Å²) >= 11 is 1.57. The number of oxime groups is 1. The molecule has 0 fully saturated rings. The van der Waals surface area contributed by atoms with Crippen molar-refractivity contribution in [1.29, 1.82) is 0 Å². The number of thiazole rings is 1. The van der Waals surface area contributed by atoms with Gasteiger partial charge < -0.3 is 5.21 Å². The second-order valence-corrected chi connectivity index (χ2v) is 4.17. The summed E-state index contributed by atoms with van der Waals surface area (Å²) in [7, 11) is 0. The van der Waals surface area contributed by atoms with Crippen molar-refractivity contribution < 1.29 is 5.21 Å². The van der Waals surface area contributed by atoms with Gasteiger partial charge >= 0.3 is 0 Å². The number of aryl methyl sites for hydroxylation is 2. The molecule has 0 unspecified atom stereocenters. The fourth-order valence-corrected chi connectivity index (χ4v) is 2.09. The van der Waals surface area contributed by atoms with E-state index in [9.17, 15) is 0 Å². The first-order valence-electron chi connectivity index (χ1n) is 4.90. The van der Waals surface area contributed by atoms with Gasteiger partial charge in [-0.05, 0) is 18.6 Å². The molecule has 1 N–H and O–H groups in total. The molecule has 2 aromatic rings. The highest BCUT2D eigenvalue weighted by atomic mass is 32.1. The van der Waals surface area contributed by atoms with Gasteiger partial charge in [-0.25, -0.2) is 4.98 Å². The number of hydrogen-bond acceptors (Lipinski definition) is 5. The van der Waals surface area contributed by atoms with Crippen molar-refractivity contribution in [3.63, 3.8) is 0 Å². The van der Waals surface area contributed by atoms with Gasteiger partial charge in [0, 0.05) is 23.7 Å². The molecule has 0 bridgehead atoms. The van der Waals surface area contributed by atoms with Gasteiger partial charge in [0.1, 0.15) is 0 Å². The lowest BCUT2D eigenvalue weighted by Crippen LogP contribution is -1.93. The van der Waals surface area contributed by atoms with Crippen LogP contribution in [0.5, 0.6) is 0 Å². The lowest BCUT2D eigenvalue weighted by molar-refractivity contribution is 0.321. The maximum atomic E-state index is 8.36. The molecule has 2 aromatic heterocycles. The van der Waals surface area contributed by atoms with Gasteiger partial charge in [-0.3, -0.25) is 4.98 Å². The largest absolute Gasteiger partial charge is 0.411 e. The molecule has 0 aliphatic heterocycles. The lowest BCUT2D eigenvalue weighted by Gasteiger charge is -1.96. The zero-order valence-corrected chi connectivity index (χ0v) is 9.39. The normalized spacial score (nSPS) is 11.0. The zero-order valence-electron chi connectivity index (χ0n) is 8.58. The summed E-state index contributed by atoms with van der Waals surface area (Å²) < 4.78 is 0. The maximum Gasteiger partial charge on any atom is 0.0958 e. The third-order valence-electron chi connectivity index (χ3n) is 2.08. The van der Waals surface area contributed by atoms with Gasteiger partial charge in [0.05, 0.1) is 16.9 Å². The van der Waals surface area contributed by atoms with E-state index in [1.54, 1.807) is 17.5 Å². The highest BCUT2D eigenvalue weighted by Crippen LogP contribution is 2.11. The SMILES string of the molecule is ON=Cc1csc(CCc2ccccn2)n1. The van der Waals surface area contributed by atoms with Crippen LogP contribution in [-0.4, -0.2) is 21.4 Å². The topological polar surface area (TPSA) is 58.4 Å². The Morgan fingerprint density at radius 3 is 3.06 bits per heavy atom. The Balaban J connectivity index is 1.94. The molecular weight excluding hydrogens is 222 g/mol. The van der Waals surface area contributed by atoms with Crippen molar-refractivity contribution in [2.75, 3.05) is 0 Å². The van der Waals surface area contributed by atoms with Crippen molar-refractivity contribution in [2.45, 2.75) is 12.8 Å². The second-order valence-electron chi connectivity index (χ2n) is 3.23. The zero-order chi connectivity index (χ0) is 11.2. The van der Waals surface area contributed by atoms with E-state index >= 15 is 0 Å². The van der Waals surface area contributed by atoms with Crippen LogP contribution in [0.3, 0.4) is 0 Å². The molecule has 16 heavy (non-hydrogen) atoms. The summed E-state index contributed by atoms with van der Waals surface area (Å²) in [4.78, 5) is 8.54. The Morgan fingerprint density at radius 2 is 2.31 bits per heavy atom. The quantitative estimate of drug-likeness (QED) is 0.500. The predicted molar refractivity (Wildman–Crippen MR) is 63.1 cm³/mol. The van der Waals surface area contributed by atoms with E-state index in [0.717, 1.165) is 23.5 Å². The molecule has 0 saturated heterocycles. The Hall–Kier alpha value is -1.75. The van der Waals surface area contributed by atoms with E-state index in [0.29, 0.717) is 5.69 Å². The molecule has 0 saturated carbocycles. The van der Waals surface area contributed by atoms with E-state index in [1.165, 1.54) is 6.21 Å². The molecular formula is C11H11N3OS. The van der Waals surface area contributed by atoms with E-state index in [4.69, 9.17) is 5.21 Å². The molecule has 0 aromatic carbocycles. The molecule has 82 valence electrons. The van der Waals surface area contributed by atoms with Gasteiger partial charge in [-0.15, -0.1) is 11.3 Å². The smallest absolute Gasteiger partial charge is 0.0958 e. The summed E-state index contributed by atoms with van der Waals surface area (Å²) in [5.41, 5.74) is 1.76. The first kappa shape index (κ1) is 10.8. The van der Waals surface area contributed by atoms with Gasteiger partial charge in [0.2, 0.25) is 0 Å². The minimum absolute atomic E-state index is 0.698. The van der Waals surface area contributed by atoms with E-state index in [-0.39, 0.29) is 0 Å². The second kappa shape index (κ2) is 5.37. The van der Waals surface area contributed by atoms with Crippen LogP contribution in [0.4, 0.5) is 0 Å². The van der Waals surface area contributed by atoms with Crippen molar-refractivity contribution >= 4 is 17.6 Å². The average Bonchev–Trinajstić information content (AvgIpc) is 2.76. The third-order valence-corrected chi connectivity index (χ3v) is 3.01. The fourth-order valence-electron chi connectivity index (χ4n) is 1.34. The van der Waals surface area contributed by atoms with Crippen LogP contribution in [-0.2, 0) is 12.8 Å². The summed E-state index contributed by atoms with van der Waals surface area (Å²) in [6.07, 6.45) is 4.87. The highest BCUT2D eigenvalue weighted by molar-refractivity contribution is 7.09. The average molecular weight is 233 g/mol. The van der Waals surface area contributed by atoms with Gasteiger partial charge in [-0.2, -0.15) is 0 Å². The van der Waals surface area contributed by atoms with Crippen molar-refractivity contribution in [3.05, 3.63) is 46.2 Å². The maximum absolute atomic E-state index is 8.36. The summed E-state index contributed by atoms with van der Waals surface area (Å²) in [5.74, 6) is 0. The molecule has 2 rings (SSSR count). The van der Waals surface area contributed by atoms with E-state index < -0.39 is 0 Å². The van der Waals surface area contributed by atoms with Crippen molar-refractivity contribution in [1.82, 2.24) is 9.97 Å². The van der Waals surface area contributed by atoms with Crippen LogP contribution in [0, 0.1) is 0 Å². The van der Waals surface area contributed by atoms with Crippen LogP contribution in [0.2, 0.25) is 0 Å². The lowest BCUT2D eigenvalue weighted by atomic mass is 10.2. The van der Waals surface area contributed by atoms with E-state index in [2.05, 4.69) is 15.1 Å². The number of rotatable bonds is 4. The standard InChI is InChI=1S/C11H11N3OS/c15-13-7-10-8-16-11(14-10)5-4-9-3-1-2-6-12-9/h1-3,6-8,15H,4-5H2. The van der Waals surface area contributed by atoms with Crippen LogP contribution in [0.15, 0.2) is 34.9 Å². The van der Waals surface area contributed by atoms with Gasteiger partial charge in [0.25, 0.3) is 0 Å². The summed E-state index contributed by atoms with van der Waals surface area (Å²) in [6, 6.07) is 5.89. The third kappa shape index (κ3) is 2.87. The highest BCUT2D eigenvalue weighted by Gasteiger charge is 2.01. The Labute approximate surface area is 97.3 Å². The van der Waals surface area contributed by atoms with Crippen LogP contribution < -0.4 is 0 Å². The van der Waals surface area contributed by atoms with Gasteiger partial charge in [-0.1, -0.05) is 11.2 Å².